The van der Waals surface area contributed by atoms with Crippen molar-refractivity contribution in [3.63, 3.8) is 0 Å². The van der Waals surface area contributed by atoms with Crippen LogP contribution in [0.1, 0.15) is 40.5 Å². The number of hydrogen-bond acceptors (Lipinski definition) is 5. The summed E-state index contributed by atoms with van der Waals surface area (Å²) in [6, 6.07) is 4.43. The molecule has 0 bridgehead atoms. The highest BCUT2D eigenvalue weighted by molar-refractivity contribution is 5.46. The van der Waals surface area contributed by atoms with Gasteiger partial charge in [-0.2, -0.15) is 0 Å². The predicted molar refractivity (Wildman–Crippen MR) is 81.9 cm³/mol. The van der Waals surface area contributed by atoms with E-state index in [0.717, 1.165) is 12.8 Å². The van der Waals surface area contributed by atoms with Crippen LogP contribution >= 0.6 is 0 Å². The van der Waals surface area contributed by atoms with Crippen molar-refractivity contribution in [2.75, 3.05) is 6.61 Å². The normalized spacial score (nSPS) is 11.5. The van der Waals surface area contributed by atoms with Gasteiger partial charge >= 0.3 is 0 Å². The SMILES string of the molecule is CCC(N)(CC)COc1cc(OC(C)C)cc([N+](=O)[O-])c1. The topological polar surface area (TPSA) is 87.6 Å². The Hall–Kier alpha value is -1.82. The lowest BCUT2D eigenvalue weighted by atomic mass is 9.96. The molecule has 2 N–H and O–H groups in total. The fourth-order valence-electron chi connectivity index (χ4n) is 1.77. The van der Waals surface area contributed by atoms with Gasteiger partial charge in [-0.25, -0.2) is 0 Å². The van der Waals surface area contributed by atoms with Gasteiger partial charge < -0.3 is 15.2 Å². The van der Waals surface area contributed by atoms with Crippen LogP contribution < -0.4 is 15.2 Å². The molecule has 6 heteroatoms. The quantitative estimate of drug-likeness (QED) is 0.587. The van der Waals surface area contributed by atoms with E-state index in [1.54, 1.807) is 6.07 Å². The highest BCUT2D eigenvalue weighted by Crippen LogP contribution is 2.29. The molecule has 0 aromatic heterocycles. The summed E-state index contributed by atoms with van der Waals surface area (Å²) < 4.78 is 11.2. The molecule has 0 fully saturated rings. The number of ether oxygens (including phenoxy) is 2. The van der Waals surface area contributed by atoms with E-state index in [0.29, 0.717) is 18.1 Å². The second kappa shape index (κ2) is 7.26. The minimum absolute atomic E-state index is 0.0567. The van der Waals surface area contributed by atoms with Crippen LogP contribution in [0.2, 0.25) is 0 Å². The van der Waals surface area contributed by atoms with Crippen molar-refractivity contribution >= 4 is 5.69 Å². The zero-order valence-electron chi connectivity index (χ0n) is 13.1. The number of nitro groups is 1. The standard InChI is InChI=1S/C15H24N2O4/c1-5-15(16,6-2)10-20-13-7-12(17(18)19)8-14(9-13)21-11(3)4/h7-9,11H,5-6,10,16H2,1-4H3. The van der Waals surface area contributed by atoms with Gasteiger partial charge in [0.1, 0.15) is 18.1 Å². The minimum atomic E-state index is -0.463. The summed E-state index contributed by atoms with van der Waals surface area (Å²) in [6.45, 7) is 8.01. The lowest BCUT2D eigenvalue weighted by Gasteiger charge is -2.26. The summed E-state index contributed by atoms with van der Waals surface area (Å²) in [5, 5.41) is 11.0. The predicted octanol–water partition coefficient (Wildman–Crippen LogP) is 3.28. The molecular formula is C15H24N2O4. The second-order valence-electron chi connectivity index (χ2n) is 5.44. The highest BCUT2D eigenvalue weighted by Gasteiger charge is 2.22. The monoisotopic (exact) mass is 296 g/mol. The number of benzene rings is 1. The number of hydrogen-bond donors (Lipinski definition) is 1. The largest absolute Gasteiger partial charge is 0.491 e. The molecule has 0 heterocycles. The first-order chi connectivity index (χ1) is 9.79. The molecule has 0 atom stereocenters. The van der Waals surface area contributed by atoms with Crippen molar-refractivity contribution in [3.8, 4) is 11.5 Å². The van der Waals surface area contributed by atoms with Crippen LogP contribution in [0.3, 0.4) is 0 Å². The molecule has 0 saturated heterocycles. The molecule has 0 aliphatic carbocycles. The van der Waals surface area contributed by atoms with Crippen LogP contribution in [-0.4, -0.2) is 23.2 Å². The van der Waals surface area contributed by atoms with Gasteiger partial charge in [-0.15, -0.1) is 0 Å². The Labute approximate surface area is 125 Å². The number of rotatable bonds is 8. The van der Waals surface area contributed by atoms with Crippen LogP contribution in [-0.2, 0) is 0 Å². The summed E-state index contributed by atoms with van der Waals surface area (Å²) in [5.41, 5.74) is 5.69. The molecule has 1 aromatic rings. The molecule has 0 radical (unpaired) electrons. The van der Waals surface area contributed by atoms with Gasteiger partial charge in [0, 0.05) is 11.6 Å². The summed E-state index contributed by atoms with van der Waals surface area (Å²) in [4.78, 5) is 10.5. The van der Waals surface area contributed by atoms with Crippen LogP contribution in [0.25, 0.3) is 0 Å². The average molecular weight is 296 g/mol. The van der Waals surface area contributed by atoms with Crippen molar-refractivity contribution in [2.24, 2.45) is 5.73 Å². The van der Waals surface area contributed by atoms with Gasteiger partial charge in [-0.05, 0) is 26.7 Å². The molecule has 0 aliphatic heterocycles. The first-order valence-electron chi connectivity index (χ1n) is 7.17. The Kier molecular flexibility index (Phi) is 5.96. The molecule has 0 spiro atoms. The first kappa shape index (κ1) is 17.2. The fraction of sp³-hybridized carbons (Fsp3) is 0.600. The van der Waals surface area contributed by atoms with Gasteiger partial charge in [0.25, 0.3) is 5.69 Å². The van der Waals surface area contributed by atoms with Crippen molar-refractivity contribution in [3.05, 3.63) is 28.3 Å². The van der Waals surface area contributed by atoms with Crippen LogP contribution in [0.15, 0.2) is 18.2 Å². The average Bonchev–Trinajstić information content (AvgIpc) is 2.43. The number of nitro benzene ring substituents is 1. The van der Waals surface area contributed by atoms with Crippen molar-refractivity contribution in [2.45, 2.75) is 52.2 Å². The third-order valence-corrected chi connectivity index (χ3v) is 3.38. The summed E-state index contributed by atoms with van der Waals surface area (Å²) >= 11 is 0. The molecule has 0 amide bonds. The number of non-ortho nitro benzene ring substituents is 1. The van der Waals surface area contributed by atoms with E-state index in [2.05, 4.69) is 0 Å². The molecular weight excluding hydrogens is 272 g/mol. The Bertz CT molecular complexity index is 485. The molecule has 0 unspecified atom stereocenters. The summed E-state index contributed by atoms with van der Waals surface area (Å²) in [7, 11) is 0. The maximum Gasteiger partial charge on any atom is 0.276 e. The van der Waals surface area contributed by atoms with Crippen LogP contribution in [0.4, 0.5) is 5.69 Å². The number of nitrogens with two attached hydrogens (primary N) is 1. The van der Waals surface area contributed by atoms with Gasteiger partial charge in [-0.1, -0.05) is 13.8 Å². The van der Waals surface area contributed by atoms with E-state index in [4.69, 9.17) is 15.2 Å². The Morgan fingerprint density at radius 2 is 1.81 bits per heavy atom. The van der Waals surface area contributed by atoms with E-state index < -0.39 is 10.5 Å². The lowest BCUT2D eigenvalue weighted by molar-refractivity contribution is -0.385. The van der Waals surface area contributed by atoms with Crippen molar-refractivity contribution < 1.29 is 14.4 Å². The Morgan fingerprint density at radius 1 is 1.24 bits per heavy atom. The smallest absolute Gasteiger partial charge is 0.276 e. The third-order valence-electron chi connectivity index (χ3n) is 3.38. The first-order valence-corrected chi connectivity index (χ1v) is 7.17. The van der Waals surface area contributed by atoms with Crippen molar-refractivity contribution in [1.82, 2.24) is 0 Å². The van der Waals surface area contributed by atoms with Gasteiger partial charge in [0.05, 0.1) is 23.2 Å². The molecule has 118 valence electrons. The summed E-state index contributed by atoms with van der Waals surface area (Å²) in [6.07, 6.45) is 1.47. The molecule has 6 nitrogen and oxygen atoms in total. The maximum atomic E-state index is 11.0. The van der Waals surface area contributed by atoms with E-state index >= 15 is 0 Å². The fourth-order valence-corrected chi connectivity index (χ4v) is 1.77. The molecule has 0 aliphatic rings. The minimum Gasteiger partial charge on any atom is -0.491 e. The third kappa shape index (κ3) is 5.23. The molecule has 1 aromatic carbocycles. The van der Waals surface area contributed by atoms with Gasteiger partial charge in [-0.3, -0.25) is 10.1 Å². The van der Waals surface area contributed by atoms with Crippen LogP contribution in [0, 0.1) is 10.1 Å². The van der Waals surface area contributed by atoms with E-state index in [9.17, 15) is 10.1 Å². The molecule has 1 rings (SSSR count). The highest BCUT2D eigenvalue weighted by atomic mass is 16.6. The van der Waals surface area contributed by atoms with E-state index in [1.165, 1.54) is 12.1 Å². The van der Waals surface area contributed by atoms with Gasteiger partial charge in [0.15, 0.2) is 0 Å². The van der Waals surface area contributed by atoms with Crippen LogP contribution in [0.5, 0.6) is 11.5 Å². The summed E-state index contributed by atoms with van der Waals surface area (Å²) in [5.74, 6) is 0.821. The molecule has 0 saturated carbocycles. The van der Waals surface area contributed by atoms with E-state index in [-0.39, 0.29) is 11.8 Å². The lowest BCUT2D eigenvalue weighted by Crippen LogP contribution is -2.44. The van der Waals surface area contributed by atoms with Crippen molar-refractivity contribution in [1.29, 1.82) is 0 Å². The number of nitrogens with zero attached hydrogens (tertiary/aromatic N) is 1. The molecule has 21 heavy (non-hydrogen) atoms. The van der Waals surface area contributed by atoms with Gasteiger partial charge in [0.2, 0.25) is 0 Å². The maximum absolute atomic E-state index is 11.0. The van der Waals surface area contributed by atoms with E-state index in [1.807, 2.05) is 27.7 Å². The Morgan fingerprint density at radius 3 is 2.29 bits per heavy atom. The Balaban J connectivity index is 2.95. The zero-order valence-corrected chi connectivity index (χ0v) is 13.1. The second-order valence-corrected chi connectivity index (χ2v) is 5.44. The zero-order chi connectivity index (χ0) is 16.0.